The molecule has 0 radical (unpaired) electrons. The van der Waals surface area contributed by atoms with E-state index in [1.54, 1.807) is 0 Å². The van der Waals surface area contributed by atoms with Crippen LogP contribution in [-0.2, 0) is 22.9 Å². The van der Waals surface area contributed by atoms with Crippen LogP contribution in [0.1, 0.15) is 11.7 Å². The fourth-order valence-corrected chi connectivity index (χ4v) is 3.14. The normalized spacial score (nSPS) is 27.6. The zero-order valence-electron chi connectivity index (χ0n) is 12.1. The number of rotatable bonds is 6. The van der Waals surface area contributed by atoms with Gasteiger partial charge in [-0.3, -0.25) is 18.8 Å². The van der Waals surface area contributed by atoms with E-state index < -0.39 is 57.9 Å². The van der Waals surface area contributed by atoms with Gasteiger partial charge in [0.05, 0.1) is 12.2 Å². The molecule has 0 spiro atoms. The smallest absolute Gasteiger partial charge is 0.387 e. The van der Waals surface area contributed by atoms with Crippen LogP contribution in [0.25, 0.3) is 0 Å². The number of hydrogen-bond donors (Lipinski definition) is 7. The first kappa shape index (κ1) is 20.1. The molecular weight excluding hydrogens is 390 g/mol. The molecular formula is C9H14N2O12P2. The number of phosphoric acid groups is 2. The number of nitrogens with one attached hydrogen (secondary N) is 2. The summed E-state index contributed by atoms with van der Waals surface area (Å²) in [5.74, 6) is 0. The average Bonchev–Trinajstić information content (AvgIpc) is 2.72. The molecule has 1 aromatic rings. The van der Waals surface area contributed by atoms with Crippen LogP contribution in [0.2, 0.25) is 0 Å². The van der Waals surface area contributed by atoms with Gasteiger partial charge in [0.2, 0.25) is 0 Å². The summed E-state index contributed by atoms with van der Waals surface area (Å²) in [6.07, 6.45) is -5.72. The molecule has 1 fully saturated rings. The van der Waals surface area contributed by atoms with E-state index in [0.717, 1.165) is 6.20 Å². The number of aliphatic hydroxyl groups is 1. The van der Waals surface area contributed by atoms with Crippen molar-refractivity contribution in [2.24, 2.45) is 0 Å². The molecule has 7 N–H and O–H groups in total. The summed E-state index contributed by atoms with van der Waals surface area (Å²) < 4.78 is 35.6. The van der Waals surface area contributed by atoms with Crippen molar-refractivity contribution in [3.63, 3.8) is 0 Å². The molecule has 14 nitrogen and oxygen atoms in total. The molecule has 1 aliphatic rings. The van der Waals surface area contributed by atoms with Gasteiger partial charge in [-0.2, -0.15) is 0 Å². The Hall–Kier alpha value is -1.18. The summed E-state index contributed by atoms with van der Waals surface area (Å²) in [5, 5.41) is 10.2. The van der Waals surface area contributed by atoms with E-state index in [9.17, 15) is 23.8 Å². The number of aliphatic hydroxyl groups excluding tert-OH is 1. The molecule has 0 amide bonds. The van der Waals surface area contributed by atoms with Gasteiger partial charge in [0.25, 0.3) is 5.56 Å². The maximum absolute atomic E-state index is 11.8. The van der Waals surface area contributed by atoms with E-state index in [1.165, 1.54) is 0 Å². The second-order valence-corrected chi connectivity index (χ2v) is 7.39. The first-order valence-electron chi connectivity index (χ1n) is 6.47. The molecule has 0 saturated carbocycles. The van der Waals surface area contributed by atoms with Crippen molar-refractivity contribution < 1.29 is 47.6 Å². The van der Waals surface area contributed by atoms with Gasteiger partial charge in [0, 0.05) is 6.20 Å². The van der Waals surface area contributed by atoms with Gasteiger partial charge in [-0.05, 0) is 0 Å². The molecule has 4 atom stereocenters. The molecule has 1 aromatic heterocycles. The van der Waals surface area contributed by atoms with Crippen molar-refractivity contribution in [3.05, 3.63) is 32.6 Å². The molecule has 16 heteroatoms. The minimum Gasteiger partial charge on any atom is -0.387 e. The second kappa shape index (κ2) is 7.21. The summed E-state index contributed by atoms with van der Waals surface area (Å²) in [5.41, 5.74) is -2.09. The molecule has 25 heavy (non-hydrogen) atoms. The Kier molecular flexibility index (Phi) is 5.81. The average molecular weight is 404 g/mol. The highest BCUT2D eigenvalue weighted by Gasteiger charge is 2.49. The van der Waals surface area contributed by atoms with Gasteiger partial charge in [0.1, 0.15) is 24.4 Å². The molecule has 2 heterocycles. The maximum atomic E-state index is 11.8. The highest BCUT2D eigenvalue weighted by Crippen LogP contribution is 2.45. The Morgan fingerprint density at radius 2 is 1.80 bits per heavy atom. The predicted octanol–water partition coefficient (Wildman–Crippen LogP) is -2.55. The van der Waals surface area contributed by atoms with E-state index in [1.807, 2.05) is 4.98 Å². The molecule has 1 saturated heterocycles. The minimum absolute atomic E-state index is 0.301. The Morgan fingerprint density at radius 3 is 2.32 bits per heavy atom. The summed E-state index contributed by atoms with van der Waals surface area (Å²) in [4.78, 5) is 62.0. The maximum Gasteiger partial charge on any atom is 0.470 e. The first-order valence-corrected chi connectivity index (χ1v) is 9.53. The van der Waals surface area contributed by atoms with E-state index in [-0.39, 0.29) is 5.56 Å². The zero-order valence-corrected chi connectivity index (χ0v) is 13.9. The third-order valence-corrected chi connectivity index (χ3v) is 4.16. The highest BCUT2D eigenvalue weighted by atomic mass is 31.2. The topological polar surface area (TPSA) is 229 Å². The molecule has 0 unspecified atom stereocenters. The Labute approximate surface area is 137 Å². The second-order valence-electron chi connectivity index (χ2n) is 4.96. The van der Waals surface area contributed by atoms with E-state index in [4.69, 9.17) is 24.3 Å². The number of aromatic nitrogens is 2. The van der Waals surface area contributed by atoms with Gasteiger partial charge >= 0.3 is 21.3 Å². The lowest BCUT2D eigenvalue weighted by Crippen LogP contribution is -2.36. The van der Waals surface area contributed by atoms with Crippen molar-refractivity contribution in [2.45, 2.75) is 24.4 Å². The summed E-state index contributed by atoms with van der Waals surface area (Å²) in [6.45, 7) is -0.899. The summed E-state index contributed by atoms with van der Waals surface area (Å²) in [7, 11) is -10.1. The first-order chi connectivity index (χ1) is 11.4. The Balaban J connectivity index is 2.31. The summed E-state index contributed by atoms with van der Waals surface area (Å²) >= 11 is 0. The van der Waals surface area contributed by atoms with Gasteiger partial charge in [-0.15, -0.1) is 0 Å². The van der Waals surface area contributed by atoms with Crippen LogP contribution in [0, 0.1) is 0 Å². The van der Waals surface area contributed by atoms with Crippen molar-refractivity contribution in [2.75, 3.05) is 6.61 Å². The number of phosphoric ester groups is 2. The van der Waals surface area contributed by atoms with Crippen molar-refractivity contribution >= 4 is 15.6 Å². The molecule has 1 aliphatic heterocycles. The molecule has 0 bridgehead atoms. The van der Waals surface area contributed by atoms with Gasteiger partial charge in [-0.25, -0.2) is 13.9 Å². The minimum atomic E-state index is -5.13. The van der Waals surface area contributed by atoms with Gasteiger partial charge in [0.15, 0.2) is 0 Å². The Bertz CT molecular complexity index is 822. The van der Waals surface area contributed by atoms with Crippen LogP contribution in [0.3, 0.4) is 0 Å². The largest absolute Gasteiger partial charge is 0.470 e. The van der Waals surface area contributed by atoms with Crippen LogP contribution < -0.4 is 11.2 Å². The zero-order chi connectivity index (χ0) is 19.0. The predicted molar refractivity (Wildman–Crippen MR) is 76.2 cm³/mol. The van der Waals surface area contributed by atoms with Crippen LogP contribution in [0.4, 0.5) is 0 Å². The van der Waals surface area contributed by atoms with E-state index >= 15 is 0 Å². The van der Waals surface area contributed by atoms with Crippen LogP contribution in [0.5, 0.6) is 0 Å². The number of aromatic amines is 2. The quantitative estimate of drug-likeness (QED) is 0.243. The molecule has 0 aliphatic carbocycles. The lowest BCUT2D eigenvalue weighted by atomic mass is 10.0. The van der Waals surface area contributed by atoms with Crippen LogP contribution >= 0.6 is 15.6 Å². The third kappa shape index (κ3) is 5.39. The monoisotopic (exact) mass is 404 g/mol. The summed E-state index contributed by atoms with van der Waals surface area (Å²) in [6, 6.07) is 0. The van der Waals surface area contributed by atoms with Crippen molar-refractivity contribution in [1.29, 1.82) is 0 Å². The highest BCUT2D eigenvalue weighted by molar-refractivity contribution is 7.46. The molecule has 0 aromatic carbocycles. The lowest BCUT2D eigenvalue weighted by molar-refractivity contribution is -0.0224. The molecule has 142 valence electrons. The van der Waals surface area contributed by atoms with E-state index in [0.29, 0.717) is 0 Å². The fraction of sp³-hybridized carbons (Fsp3) is 0.556. The van der Waals surface area contributed by atoms with Gasteiger partial charge < -0.3 is 34.4 Å². The van der Waals surface area contributed by atoms with Crippen LogP contribution in [-0.4, -0.2) is 59.6 Å². The lowest BCUT2D eigenvalue weighted by Gasteiger charge is -2.20. The number of ether oxygens (including phenoxy) is 1. The third-order valence-electron chi connectivity index (χ3n) is 3.16. The van der Waals surface area contributed by atoms with E-state index in [2.05, 4.69) is 14.0 Å². The SMILES string of the molecule is O=c1[nH]cc([C@@H]2O[C@H](COP(=O)(O)O)[C@@H](OP(=O)(O)O)[C@H]2O)c(=O)[nH]1. The standard InChI is InChI=1S/C9H14N2O12P2/c12-5-6(3-1-10-9(14)11-8(3)13)22-4(2-21-24(15,16)17)7(5)23-25(18,19)20/h1,4-7,12H,2H2,(H2,15,16,17)(H2,18,19,20)(H2,10,11,13,14)/t4-,5+,6+,7-/m1/s1. The van der Waals surface area contributed by atoms with Crippen molar-refractivity contribution in [1.82, 2.24) is 9.97 Å². The fourth-order valence-electron chi connectivity index (χ4n) is 2.22. The van der Waals surface area contributed by atoms with Crippen LogP contribution in [0.15, 0.2) is 15.8 Å². The molecule has 2 rings (SSSR count). The van der Waals surface area contributed by atoms with Gasteiger partial charge in [-0.1, -0.05) is 0 Å². The Morgan fingerprint density at radius 1 is 1.16 bits per heavy atom. The number of hydrogen-bond acceptors (Lipinski definition) is 8. The number of H-pyrrole nitrogens is 2. The van der Waals surface area contributed by atoms with Crippen molar-refractivity contribution in [3.8, 4) is 0 Å².